The lowest BCUT2D eigenvalue weighted by Crippen LogP contribution is -2.53. The molecule has 9 atom stereocenters. The molecule has 194 valence electrons. The summed E-state index contributed by atoms with van der Waals surface area (Å²) >= 11 is 0. The lowest BCUT2D eigenvalue weighted by molar-refractivity contribution is -0.151. The summed E-state index contributed by atoms with van der Waals surface area (Å²) in [5.41, 5.74) is 3.01. The molecule has 0 heterocycles. The van der Waals surface area contributed by atoms with Gasteiger partial charge in [-0.15, -0.1) is 0 Å². The molecule has 0 aromatic rings. The van der Waals surface area contributed by atoms with Crippen LogP contribution in [0.5, 0.6) is 0 Å². The van der Waals surface area contributed by atoms with Crippen LogP contribution in [0.15, 0.2) is 11.6 Å². The number of carbonyl (C=O) groups excluding carboxylic acids is 1. The van der Waals surface area contributed by atoms with E-state index in [0.717, 1.165) is 42.4 Å². The highest BCUT2D eigenvalue weighted by Crippen LogP contribution is 2.72. The second kappa shape index (κ2) is 9.59. The highest BCUT2D eigenvalue weighted by atomic mass is 16.5. The van der Waals surface area contributed by atoms with E-state index in [1.54, 1.807) is 6.92 Å². The van der Waals surface area contributed by atoms with Crippen LogP contribution >= 0.6 is 0 Å². The van der Waals surface area contributed by atoms with Gasteiger partial charge in [-0.25, -0.2) is 0 Å². The molecule has 34 heavy (non-hydrogen) atoms. The van der Waals surface area contributed by atoms with Gasteiger partial charge in [0.15, 0.2) is 0 Å². The van der Waals surface area contributed by atoms with E-state index < -0.39 is 0 Å². The molecule has 0 saturated heterocycles. The van der Waals surface area contributed by atoms with Gasteiger partial charge in [0.05, 0.1) is 0 Å². The molecule has 2 heteroatoms. The van der Waals surface area contributed by atoms with Crippen LogP contribution in [-0.4, -0.2) is 12.1 Å². The number of esters is 1. The predicted octanol–water partition coefficient (Wildman–Crippen LogP) is 8.99. The van der Waals surface area contributed by atoms with Gasteiger partial charge >= 0.3 is 5.97 Å². The van der Waals surface area contributed by atoms with Crippen LogP contribution in [0.3, 0.4) is 0 Å². The SMILES string of the molecule is CC[C@H](CC[C@@H](C)[C@H]1CC[C@@]2(C)[C@@H]3CC[C@H]4C[C@H](OC(C)=O)CC[C@]4(C)C3=CC[C@]12C)C(C)C. The fraction of sp³-hybridized carbons (Fsp3) is 0.906. The van der Waals surface area contributed by atoms with E-state index in [2.05, 4.69) is 54.5 Å². The second-order valence-corrected chi connectivity index (χ2v) is 14.1. The summed E-state index contributed by atoms with van der Waals surface area (Å²) in [5.74, 6) is 4.73. The molecule has 0 radical (unpaired) electrons. The summed E-state index contributed by atoms with van der Waals surface area (Å²) in [6.45, 7) is 19.3. The number of carbonyl (C=O) groups is 1. The molecule has 0 aromatic carbocycles. The first kappa shape index (κ1) is 26.3. The van der Waals surface area contributed by atoms with E-state index in [1.807, 2.05) is 5.57 Å². The van der Waals surface area contributed by atoms with Crippen molar-refractivity contribution in [3.63, 3.8) is 0 Å². The van der Waals surface area contributed by atoms with Crippen molar-refractivity contribution in [1.82, 2.24) is 0 Å². The van der Waals surface area contributed by atoms with E-state index in [1.165, 1.54) is 57.8 Å². The molecular formula is C32H54O2. The van der Waals surface area contributed by atoms with E-state index in [4.69, 9.17) is 4.74 Å². The fourth-order valence-corrected chi connectivity index (χ4v) is 9.84. The minimum Gasteiger partial charge on any atom is -0.463 e. The number of rotatable bonds is 7. The van der Waals surface area contributed by atoms with Crippen LogP contribution in [0.25, 0.3) is 0 Å². The minimum absolute atomic E-state index is 0.104. The van der Waals surface area contributed by atoms with Gasteiger partial charge in [0, 0.05) is 6.92 Å². The Morgan fingerprint density at radius 2 is 1.76 bits per heavy atom. The Bertz CT molecular complexity index is 782. The van der Waals surface area contributed by atoms with Crippen LogP contribution in [-0.2, 0) is 9.53 Å². The Morgan fingerprint density at radius 3 is 2.41 bits per heavy atom. The number of hydrogen-bond donors (Lipinski definition) is 0. The van der Waals surface area contributed by atoms with Crippen molar-refractivity contribution in [3.05, 3.63) is 11.6 Å². The molecule has 4 aliphatic carbocycles. The molecule has 4 rings (SSSR count). The van der Waals surface area contributed by atoms with Crippen LogP contribution in [0.4, 0.5) is 0 Å². The van der Waals surface area contributed by atoms with Crippen LogP contribution in [0.2, 0.25) is 0 Å². The van der Waals surface area contributed by atoms with Gasteiger partial charge in [0.2, 0.25) is 0 Å². The van der Waals surface area contributed by atoms with Gasteiger partial charge in [-0.2, -0.15) is 0 Å². The lowest BCUT2D eigenvalue weighted by Gasteiger charge is -2.61. The van der Waals surface area contributed by atoms with Crippen molar-refractivity contribution < 1.29 is 9.53 Å². The molecule has 2 nitrogen and oxygen atoms in total. The molecular weight excluding hydrogens is 416 g/mol. The standard InChI is InChI=1S/C32H54O2/c1-9-24(21(2)3)11-10-22(4)27-15-18-32(8)29-13-12-25-20-26(34-23(5)33)14-17-30(25,6)28(29)16-19-31(27,32)7/h16,21-22,24-27,29H,9-15,17-20H2,1-8H3/t22-,24-,25+,26-,27-,29-,30+,31-,32+/m1/s1. The van der Waals surface area contributed by atoms with Gasteiger partial charge in [0.25, 0.3) is 0 Å². The zero-order chi connectivity index (χ0) is 24.9. The highest BCUT2D eigenvalue weighted by molar-refractivity contribution is 5.66. The first-order valence-electron chi connectivity index (χ1n) is 14.8. The van der Waals surface area contributed by atoms with E-state index in [-0.39, 0.29) is 12.1 Å². The Balaban J connectivity index is 1.52. The molecule has 3 fully saturated rings. The molecule has 3 saturated carbocycles. The molecule has 0 bridgehead atoms. The quantitative estimate of drug-likeness (QED) is 0.274. The number of hydrogen-bond acceptors (Lipinski definition) is 2. The first-order valence-corrected chi connectivity index (χ1v) is 14.8. The highest BCUT2D eigenvalue weighted by Gasteiger charge is 2.63. The van der Waals surface area contributed by atoms with Gasteiger partial charge < -0.3 is 4.74 Å². The monoisotopic (exact) mass is 470 g/mol. The molecule has 4 aliphatic rings. The molecule has 0 spiro atoms. The summed E-state index contributed by atoms with van der Waals surface area (Å²) in [7, 11) is 0. The summed E-state index contributed by atoms with van der Waals surface area (Å²) in [6.07, 6.45) is 17.1. The van der Waals surface area contributed by atoms with E-state index in [0.29, 0.717) is 22.2 Å². The third-order valence-corrected chi connectivity index (χ3v) is 12.4. The number of ether oxygens (including phenoxy) is 1. The molecule has 0 aliphatic heterocycles. The molecule has 0 aromatic heterocycles. The second-order valence-electron chi connectivity index (χ2n) is 14.1. The van der Waals surface area contributed by atoms with Crippen molar-refractivity contribution in [2.24, 2.45) is 51.8 Å². The zero-order valence-electron chi connectivity index (χ0n) is 23.7. The van der Waals surface area contributed by atoms with Gasteiger partial charge in [0.1, 0.15) is 6.10 Å². The van der Waals surface area contributed by atoms with E-state index >= 15 is 0 Å². The summed E-state index contributed by atoms with van der Waals surface area (Å²) in [4.78, 5) is 11.6. The van der Waals surface area contributed by atoms with Crippen LogP contribution < -0.4 is 0 Å². The Hall–Kier alpha value is -0.790. The third kappa shape index (κ3) is 4.21. The van der Waals surface area contributed by atoms with Crippen molar-refractivity contribution in [2.75, 3.05) is 0 Å². The molecule has 0 unspecified atom stereocenters. The summed E-state index contributed by atoms with van der Waals surface area (Å²) in [5, 5.41) is 0. The maximum absolute atomic E-state index is 11.6. The zero-order valence-corrected chi connectivity index (χ0v) is 23.7. The third-order valence-electron chi connectivity index (χ3n) is 12.4. The van der Waals surface area contributed by atoms with E-state index in [9.17, 15) is 4.79 Å². The van der Waals surface area contributed by atoms with Crippen molar-refractivity contribution in [2.45, 2.75) is 132 Å². The predicted molar refractivity (Wildman–Crippen MR) is 142 cm³/mol. The van der Waals surface area contributed by atoms with Gasteiger partial charge in [-0.05, 0) is 110 Å². The number of allylic oxidation sites excluding steroid dienone is 2. The minimum atomic E-state index is -0.104. The molecule has 0 amide bonds. The van der Waals surface area contributed by atoms with Crippen molar-refractivity contribution in [1.29, 1.82) is 0 Å². The van der Waals surface area contributed by atoms with Gasteiger partial charge in [-0.1, -0.05) is 73.0 Å². The summed E-state index contributed by atoms with van der Waals surface area (Å²) in [6, 6.07) is 0. The Labute approximate surface area is 211 Å². The maximum Gasteiger partial charge on any atom is 0.302 e. The summed E-state index contributed by atoms with van der Waals surface area (Å²) < 4.78 is 5.67. The fourth-order valence-electron chi connectivity index (χ4n) is 9.84. The number of fused-ring (bicyclic) bond motifs is 5. The molecule has 0 N–H and O–H groups in total. The maximum atomic E-state index is 11.6. The topological polar surface area (TPSA) is 26.3 Å². The van der Waals surface area contributed by atoms with Gasteiger partial charge in [-0.3, -0.25) is 4.79 Å². The average molecular weight is 471 g/mol. The Kier molecular flexibility index (Phi) is 7.41. The first-order chi connectivity index (χ1) is 16.0. The van der Waals surface area contributed by atoms with Crippen LogP contribution in [0.1, 0.15) is 126 Å². The average Bonchev–Trinajstić information content (AvgIpc) is 3.05. The largest absolute Gasteiger partial charge is 0.463 e. The Morgan fingerprint density at radius 1 is 1.03 bits per heavy atom. The smallest absolute Gasteiger partial charge is 0.302 e. The van der Waals surface area contributed by atoms with Crippen molar-refractivity contribution in [3.8, 4) is 0 Å². The lowest BCUT2D eigenvalue weighted by atomic mass is 9.44. The normalized spacial score (nSPS) is 43.4. The van der Waals surface area contributed by atoms with Crippen molar-refractivity contribution >= 4 is 5.97 Å². The van der Waals surface area contributed by atoms with Crippen LogP contribution in [0, 0.1) is 51.8 Å².